The lowest BCUT2D eigenvalue weighted by Gasteiger charge is -2.29. The van der Waals surface area contributed by atoms with Gasteiger partial charge in [-0.15, -0.1) is 0 Å². The molecule has 256 valence electrons. The summed E-state index contributed by atoms with van der Waals surface area (Å²) in [7, 11) is 0. The summed E-state index contributed by atoms with van der Waals surface area (Å²) < 4.78 is 11.2. The van der Waals surface area contributed by atoms with Gasteiger partial charge in [-0.05, 0) is 119 Å². The summed E-state index contributed by atoms with van der Waals surface area (Å²) in [5.41, 5.74) is 4.82. The number of alkyl carbamates (subject to hydrolysis) is 1. The monoisotopic (exact) mass is 677 g/mol. The standard InChI is InChI=1S/C37H44ClN3O7/c1-24(42)28-14-16-31(17-15-28)41-48-35(44)33(21-25-10-18-32(19-11-25)46-23-27-6-5-7-30(38)20-27)40-34(43)29-12-8-26(9-13-29)22-39-36(45)47-37(2,3)4/h5-7,10-11,14-20,26,29,33,41H,8-9,12-13,21-23H2,1-4H3,(H,39,45)(H,40,43)/t26?,29?,33-/m0/s1. The maximum absolute atomic E-state index is 13.4. The Morgan fingerprint density at radius 2 is 1.58 bits per heavy atom. The molecule has 3 aromatic rings. The lowest BCUT2D eigenvalue weighted by Crippen LogP contribution is -2.47. The molecule has 0 spiro atoms. The Balaban J connectivity index is 1.35. The van der Waals surface area contributed by atoms with Crippen LogP contribution in [0.4, 0.5) is 10.5 Å². The van der Waals surface area contributed by atoms with Crippen molar-refractivity contribution in [3.63, 3.8) is 0 Å². The molecule has 0 aliphatic heterocycles. The van der Waals surface area contributed by atoms with Crippen LogP contribution in [0.15, 0.2) is 72.8 Å². The number of rotatable bonds is 13. The normalized spacial score (nSPS) is 16.6. The second-order valence-electron chi connectivity index (χ2n) is 13.1. The van der Waals surface area contributed by atoms with Crippen molar-refractivity contribution in [2.75, 3.05) is 12.0 Å². The fraction of sp³-hybridized carbons (Fsp3) is 0.405. The summed E-state index contributed by atoms with van der Waals surface area (Å²) in [5.74, 6) is -0.336. The molecule has 3 N–H and O–H groups in total. The smallest absolute Gasteiger partial charge is 0.407 e. The van der Waals surface area contributed by atoms with Gasteiger partial charge in [-0.25, -0.2) is 15.1 Å². The van der Waals surface area contributed by atoms with E-state index in [-0.39, 0.29) is 29.9 Å². The second-order valence-corrected chi connectivity index (χ2v) is 13.5. The van der Waals surface area contributed by atoms with Crippen molar-refractivity contribution in [3.8, 4) is 5.75 Å². The summed E-state index contributed by atoms with van der Waals surface area (Å²) in [6.45, 7) is 7.75. The number of ether oxygens (including phenoxy) is 2. The number of amides is 2. The van der Waals surface area contributed by atoms with E-state index in [2.05, 4.69) is 16.1 Å². The van der Waals surface area contributed by atoms with Crippen molar-refractivity contribution < 1.29 is 33.5 Å². The number of halogens is 1. The fourth-order valence-electron chi connectivity index (χ4n) is 5.36. The molecular formula is C37H44ClN3O7. The Bertz CT molecular complexity index is 1550. The summed E-state index contributed by atoms with van der Waals surface area (Å²) >= 11 is 6.07. The first kappa shape index (κ1) is 36.3. The van der Waals surface area contributed by atoms with E-state index < -0.39 is 23.7 Å². The van der Waals surface area contributed by atoms with E-state index in [4.69, 9.17) is 25.9 Å². The van der Waals surface area contributed by atoms with Crippen molar-refractivity contribution in [1.29, 1.82) is 0 Å². The van der Waals surface area contributed by atoms with E-state index in [1.165, 1.54) is 6.92 Å². The second kappa shape index (κ2) is 17.0. The first-order chi connectivity index (χ1) is 22.8. The van der Waals surface area contributed by atoms with E-state index >= 15 is 0 Å². The van der Waals surface area contributed by atoms with E-state index in [9.17, 15) is 19.2 Å². The molecule has 1 saturated carbocycles. The Hall–Kier alpha value is -4.57. The highest BCUT2D eigenvalue weighted by Gasteiger charge is 2.31. The number of ketones is 1. The van der Waals surface area contributed by atoms with Crippen LogP contribution in [0.2, 0.25) is 5.02 Å². The fourth-order valence-corrected chi connectivity index (χ4v) is 5.57. The minimum Gasteiger partial charge on any atom is -0.489 e. The van der Waals surface area contributed by atoms with Gasteiger partial charge >= 0.3 is 12.1 Å². The van der Waals surface area contributed by atoms with Crippen molar-refractivity contribution in [3.05, 3.63) is 94.5 Å². The Morgan fingerprint density at radius 3 is 2.21 bits per heavy atom. The highest BCUT2D eigenvalue weighted by Crippen LogP contribution is 2.29. The molecule has 11 heteroatoms. The predicted octanol–water partition coefficient (Wildman–Crippen LogP) is 7.05. The van der Waals surface area contributed by atoms with E-state index in [0.717, 1.165) is 24.0 Å². The zero-order valence-corrected chi connectivity index (χ0v) is 28.6. The van der Waals surface area contributed by atoms with Crippen molar-refractivity contribution >= 4 is 41.0 Å². The molecule has 0 bridgehead atoms. The third-order valence-electron chi connectivity index (χ3n) is 7.97. The summed E-state index contributed by atoms with van der Waals surface area (Å²) in [6, 6.07) is 20.3. The van der Waals surface area contributed by atoms with E-state index in [0.29, 0.717) is 48.0 Å². The van der Waals surface area contributed by atoms with E-state index in [1.54, 1.807) is 30.3 Å². The molecule has 2 amide bonds. The van der Waals surface area contributed by atoms with Crippen molar-refractivity contribution in [1.82, 2.24) is 10.6 Å². The molecule has 1 fully saturated rings. The van der Waals surface area contributed by atoms with Gasteiger partial charge in [0, 0.05) is 29.5 Å². The third-order valence-corrected chi connectivity index (χ3v) is 8.21. The number of hydrogen-bond donors (Lipinski definition) is 3. The SMILES string of the molecule is CC(=O)c1ccc(NOC(=O)[C@H](Cc2ccc(OCc3cccc(Cl)c3)cc2)NC(=O)C2CCC(CNC(=O)OC(C)(C)C)CC2)cc1. The van der Waals surface area contributed by atoms with Gasteiger partial charge in [0.05, 0.1) is 5.69 Å². The Kier molecular flexibility index (Phi) is 12.9. The number of Topliss-reactive ketones (excluding diaryl/α,β-unsaturated/α-hetero) is 1. The molecule has 0 heterocycles. The van der Waals surface area contributed by atoms with Gasteiger partial charge in [-0.2, -0.15) is 0 Å². The van der Waals surface area contributed by atoms with Crippen molar-refractivity contribution in [2.45, 2.75) is 78.0 Å². The maximum Gasteiger partial charge on any atom is 0.407 e. The highest BCUT2D eigenvalue weighted by atomic mass is 35.5. The summed E-state index contributed by atoms with van der Waals surface area (Å²) in [4.78, 5) is 55.8. The van der Waals surface area contributed by atoms with Crippen LogP contribution in [0.1, 0.15) is 74.9 Å². The van der Waals surface area contributed by atoms with Crippen LogP contribution in [0.25, 0.3) is 0 Å². The molecule has 0 unspecified atom stereocenters. The van der Waals surface area contributed by atoms with Crippen LogP contribution in [-0.4, -0.2) is 41.9 Å². The molecule has 1 aliphatic carbocycles. The highest BCUT2D eigenvalue weighted by molar-refractivity contribution is 6.30. The Labute approximate surface area is 286 Å². The molecule has 1 atom stereocenters. The lowest BCUT2D eigenvalue weighted by molar-refractivity contribution is -0.145. The number of nitrogens with one attached hydrogen (secondary N) is 3. The minimum absolute atomic E-state index is 0.0736. The van der Waals surface area contributed by atoms with Gasteiger partial charge in [0.1, 0.15) is 24.0 Å². The zero-order chi connectivity index (χ0) is 34.7. The Morgan fingerprint density at radius 1 is 0.896 bits per heavy atom. The van der Waals surface area contributed by atoms with Gasteiger partial charge < -0.3 is 24.9 Å². The molecule has 0 saturated heterocycles. The van der Waals surface area contributed by atoms with Gasteiger partial charge in [0.25, 0.3) is 0 Å². The molecule has 1 aliphatic rings. The van der Waals surface area contributed by atoms with Crippen LogP contribution < -0.4 is 20.9 Å². The molecule has 0 aromatic heterocycles. The van der Waals surface area contributed by atoms with Crippen molar-refractivity contribution in [2.24, 2.45) is 11.8 Å². The molecule has 48 heavy (non-hydrogen) atoms. The predicted molar refractivity (Wildman–Crippen MR) is 184 cm³/mol. The van der Waals surface area contributed by atoms with Crippen LogP contribution in [-0.2, 0) is 32.2 Å². The largest absolute Gasteiger partial charge is 0.489 e. The van der Waals surface area contributed by atoms with Crippen LogP contribution in [0, 0.1) is 11.8 Å². The first-order valence-electron chi connectivity index (χ1n) is 16.2. The zero-order valence-electron chi connectivity index (χ0n) is 27.8. The minimum atomic E-state index is -0.966. The average molecular weight is 678 g/mol. The molecule has 3 aromatic carbocycles. The van der Waals surface area contributed by atoms with Gasteiger partial charge in [-0.1, -0.05) is 35.9 Å². The van der Waals surface area contributed by atoms with Gasteiger partial charge in [-0.3, -0.25) is 9.59 Å². The average Bonchev–Trinajstić information content (AvgIpc) is 3.05. The van der Waals surface area contributed by atoms with Crippen LogP contribution >= 0.6 is 11.6 Å². The molecule has 10 nitrogen and oxygen atoms in total. The molecule has 0 radical (unpaired) electrons. The van der Waals surface area contributed by atoms with Gasteiger partial charge in [0.15, 0.2) is 5.78 Å². The van der Waals surface area contributed by atoms with Crippen LogP contribution in [0.5, 0.6) is 5.75 Å². The molecule has 4 rings (SSSR count). The maximum atomic E-state index is 13.4. The number of carbonyl (C=O) groups excluding carboxylic acids is 4. The number of benzene rings is 3. The number of carbonyl (C=O) groups is 4. The van der Waals surface area contributed by atoms with Gasteiger partial charge in [0.2, 0.25) is 5.91 Å². The molecular weight excluding hydrogens is 634 g/mol. The third kappa shape index (κ3) is 11.9. The quantitative estimate of drug-likeness (QED) is 0.130. The first-order valence-corrected chi connectivity index (χ1v) is 16.5. The lowest BCUT2D eigenvalue weighted by atomic mass is 9.81. The number of anilines is 1. The topological polar surface area (TPSA) is 132 Å². The summed E-state index contributed by atoms with van der Waals surface area (Å²) in [6.07, 6.45) is 2.53. The van der Waals surface area contributed by atoms with Crippen LogP contribution in [0.3, 0.4) is 0 Å². The van der Waals surface area contributed by atoms with E-state index in [1.807, 2.05) is 63.2 Å². The number of hydrogen-bond acceptors (Lipinski definition) is 8. The summed E-state index contributed by atoms with van der Waals surface area (Å²) in [5, 5.41) is 6.38.